The Kier molecular flexibility index (Phi) is 4.88. The number of alkyl halides is 5. The van der Waals surface area contributed by atoms with E-state index >= 15 is 0 Å². The fourth-order valence-electron chi connectivity index (χ4n) is 2.27. The van der Waals surface area contributed by atoms with E-state index in [1.807, 2.05) is 0 Å². The van der Waals surface area contributed by atoms with Gasteiger partial charge in [-0.25, -0.2) is 0 Å². The summed E-state index contributed by atoms with van der Waals surface area (Å²) < 4.78 is 67.5. The Morgan fingerprint density at radius 1 is 0.960 bits per heavy atom. The molecule has 0 saturated carbocycles. The lowest BCUT2D eigenvalue weighted by atomic mass is 9.80. The maximum absolute atomic E-state index is 14.2. The highest BCUT2D eigenvalue weighted by Crippen LogP contribution is 2.52. The quantitative estimate of drug-likeness (QED) is 0.435. The molecule has 2 aromatic carbocycles. The van der Waals surface area contributed by atoms with Crippen LogP contribution in [-0.2, 0) is 5.60 Å². The van der Waals surface area contributed by atoms with Crippen molar-refractivity contribution in [3.05, 3.63) is 74.2 Å². The van der Waals surface area contributed by atoms with Crippen molar-refractivity contribution in [3.8, 4) is 0 Å². The first-order chi connectivity index (χ1) is 11.4. The van der Waals surface area contributed by atoms with Gasteiger partial charge in [-0.1, -0.05) is 28.1 Å². The monoisotopic (exact) mass is 425 g/mol. The van der Waals surface area contributed by atoms with Crippen LogP contribution in [0.25, 0.3) is 0 Å². The molecular weight excluding hydrogens is 417 g/mol. The second-order valence-electron chi connectivity index (χ2n) is 5.10. The molecule has 1 N–H and O–H groups in total. The smallest absolute Gasteiger partial charge is 0.374 e. The fourth-order valence-corrected chi connectivity index (χ4v) is 2.67. The predicted molar refractivity (Wildman–Crippen MR) is 81.2 cm³/mol. The van der Waals surface area contributed by atoms with E-state index in [2.05, 4.69) is 15.9 Å². The number of hydrogen-bond donors (Lipinski definition) is 1. The molecule has 134 valence electrons. The highest BCUT2D eigenvalue weighted by atomic mass is 79.9. The lowest BCUT2D eigenvalue weighted by Gasteiger charge is -2.37. The standard InChI is InChI=1S/C15H9BrF5NO3/c16-11-3-1-2-10(8-11)13(23,14(17,18)15(19,20)21)9-4-6-12(7-5-9)22(24)25/h1-8,23H. The summed E-state index contributed by atoms with van der Waals surface area (Å²) in [7, 11) is 0. The zero-order chi connectivity index (χ0) is 19.0. The largest absolute Gasteiger partial charge is 0.457 e. The van der Waals surface area contributed by atoms with E-state index in [1.165, 1.54) is 12.1 Å². The van der Waals surface area contributed by atoms with Gasteiger partial charge >= 0.3 is 12.1 Å². The molecular formula is C15H9BrF5NO3. The molecule has 0 radical (unpaired) electrons. The third kappa shape index (κ3) is 3.23. The summed E-state index contributed by atoms with van der Waals surface area (Å²) in [5.74, 6) is -5.56. The summed E-state index contributed by atoms with van der Waals surface area (Å²) in [5.41, 5.74) is -5.85. The van der Waals surface area contributed by atoms with Gasteiger partial charge in [0.15, 0.2) is 5.60 Å². The molecule has 0 bridgehead atoms. The topological polar surface area (TPSA) is 63.4 Å². The van der Waals surface area contributed by atoms with Gasteiger partial charge in [-0.15, -0.1) is 0 Å². The van der Waals surface area contributed by atoms with Gasteiger partial charge in [0, 0.05) is 16.6 Å². The number of rotatable bonds is 4. The number of hydrogen-bond acceptors (Lipinski definition) is 3. The average molecular weight is 426 g/mol. The Morgan fingerprint density at radius 3 is 1.96 bits per heavy atom. The summed E-state index contributed by atoms with van der Waals surface area (Å²) >= 11 is 2.95. The van der Waals surface area contributed by atoms with Crippen LogP contribution in [0.4, 0.5) is 27.6 Å². The first-order valence-corrected chi connectivity index (χ1v) is 7.38. The van der Waals surface area contributed by atoms with Crippen molar-refractivity contribution in [1.29, 1.82) is 0 Å². The van der Waals surface area contributed by atoms with Crippen molar-refractivity contribution >= 4 is 21.6 Å². The van der Waals surface area contributed by atoms with Gasteiger partial charge in [-0.05, 0) is 35.4 Å². The second-order valence-corrected chi connectivity index (χ2v) is 6.01. The second kappa shape index (κ2) is 6.34. The van der Waals surface area contributed by atoms with Gasteiger partial charge in [-0.2, -0.15) is 22.0 Å². The fraction of sp³-hybridized carbons (Fsp3) is 0.200. The number of aliphatic hydroxyl groups is 1. The average Bonchev–Trinajstić information content (AvgIpc) is 2.53. The van der Waals surface area contributed by atoms with Gasteiger partial charge in [-0.3, -0.25) is 10.1 Å². The number of non-ortho nitro benzene ring substituents is 1. The minimum Gasteiger partial charge on any atom is -0.374 e. The highest BCUT2D eigenvalue weighted by Gasteiger charge is 2.71. The molecule has 0 aliphatic rings. The van der Waals surface area contributed by atoms with Crippen molar-refractivity contribution in [2.45, 2.75) is 17.7 Å². The number of halogens is 6. The van der Waals surface area contributed by atoms with Gasteiger partial charge < -0.3 is 5.11 Å². The molecule has 0 aliphatic heterocycles. The van der Waals surface area contributed by atoms with Crippen LogP contribution in [0.15, 0.2) is 53.0 Å². The van der Waals surface area contributed by atoms with E-state index < -0.39 is 39.4 Å². The molecule has 0 saturated heterocycles. The molecule has 0 fully saturated rings. The van der Waals surface area contributed by atoms with Crippen LogP contribution in [-0.4, -0.2) is 22.1 Å². The van der Waals surface area contributed by atoms with Gasteiger partial charge in [0.05, 0.1) is 4.92 Å². The van der Waals surface area contributed by atoms with Crippen LogP contribution in [0, 0.1) is 10.1 Å². The molecule has 0 heterocycles. The molecule has 2 rings (SSSR count). The highest BCUT2D eigenvalue weighted by molar-refractivity contribution is 9.10. The SMILES string of the molecule is O=[N+]([O-])c1ccc(C(O)(c2cccc(Br)c2)C(F)(F)C(F)(F)F)cc1. The molecule has 25 heavy (non-hydrogen) atoms. The Morgan fingerprint density at radius 2 is 1.52 bits per heavy atom. The van der Waals surface area contributed by atoms with Gasteiger partial charge in [0.1, 0.15) is 0 Å². The van der Waals surface area contributed by atoms with Crippen LogP contribution in [0.2, 0.25) is 0 Å². The van der Waals surface area contributed by atoms with Crippen LogP contribution in [0.3, 0.4) is 0 Å². The minimum absolute atomic E-state index is 0.170. The summed E-state index contributed by atoms with van der Waals surface area (Å²) in [6, 6.07) is 7.20. The lowest BCUT2D eigenvalue weighted by molar-refractivity contribution is -0.384. The maximum atomic E-state index is 14.2. The van der Waals surface area contributed by atoms with E-state index in [9.17, 15) is 37.2 Å². The molecule has 1 unspecified atom stereocenters. The first kappa shape index (κ1) is 19.3. The van der Waals surface area contributed by atoms with Crippen LogP contribution in [0.1, 0.15) is 11.1 Å². The lowest BCUT2D eigenvalue weighted by Crippen LogP contribution is -2.55. The van der Waals surface area contributed by atoms with Gasteiger partial charge in [0.2, 0.25) is 0 Å². The molecule has 0 aromatic heterocycles. The Balaban J connectivity index is 2.75. The maximum Gasteiger partial charge on any atom is 0.457 e. The molecule has 2 aromatic rings. The van der Waals surface area contributed by atoms with E-state index in [0.29, 0.717) is 12.1 Å². The van der Waals surface area contributed by atoms with E-state index in [-0.39, 0.29) is 4.47 Å². The normalized spacial score (nSPS) is 14.8. The third-order valence-corrected chi connectivity index (χ3v) is 4.04. The Hall–Kier alpha value is -2.07. The summed E-state index contributed by atoms with van der Waals surface area (Å²) in [5, 5.41) is 21.2. The van der Waals surface area contributed by atoms with Crippen LogP contribution >= 0.6 is 15.9 Å². The molecule has 0 spiro atoms. The summed E-state index contributed by atoms with van der Waals surface area (Å²) in [4.78, 5) is 9.80. The predicted octanol–water partition coefficient (Wildman–Crippen LogP) is 4.79. The van der Waals surface area contributed by atoms with E-state index in [1.54, 1.807) is 0 Å². The van der Waals surface area contributed by atoms with Crippen molar-refractivity contribution < 1.29 is 32.0 Å². The van der Waals surface area contributed by atoms with Crippen LogP contribution in [0.5, 0.6) is 0 Å². The third-order valence-electron chi connectivity index (χ3n) is 3.55. The molecule has 10 heteroatoms. The summed E-state index contributed by atoms with van der Waals surface area (Å²) in [6.07, 6.45) is -6.06. The Labute approximate surface area is 146 Å². The molecule has 1 atom stereocenters. The van der Waals surface area contributed by atoms with Crippen molar-refractivity contribution in [2.24, 2.45) is 0 Å². The van der Waals surface area contributed by atoms with Crippen molar-refractivity contribution in [1.82, 2.24) is 0 Å². The van der Waals surface area contributed by atoms with Crippen molar-refractivity contribution in [3.63, 3.8) is 0 Å². The summed E-state index contributed by atoms with van der Waals surface area (Å²) in [6.45, 7) is 0. The molecule has 0 amide bonds. The number of nitrogens with zero attached hydrogens (tertiary/aromatic N) is 1. The van der Waals surface area contributed by atoms with E-state index in [0.717, 1.165) is 24.3 Å². The molecule has 4 nitrogen and oxygen atoms in total. The van der Waals surface area contributed by atoms with Crippen molar-refractivity contribution in [2.75, 3.05) is 0 Å². The zero-order valence-corrected chi connectivity index (χ0v) is 13.7. The minimum atomic E-state index is -6.06. The number of nitro benzene ring substituents is 1. The first-order valence-electron chi connectivity index (χ1n) is 6.59. The zero-order valence-electron chi connectivity index (χ0n) is 12.1. The van der Waals surface area contributed by atoms with E-state index in [4.69, 9.17) is 0 Å². The Bertz CT molecular complexity index is 794. The molecule has 0 aliphatic carbocycles. The van der Waals surface area contributed by atoms with Gasteiger partial charge in [0.25, 0.3) is 5.69 Å². The van der Waals surface area contributed by atoms with Crippen LogP contribution < -0.4 is 0 Å². The number of nitro groups is 1. The number of benzene rings is 2.